The van der Waals surface area contributed by atoms with Gasteiger partial charge in [-0.1, -0.05) is 25.7 Å². The molecule has 2 fully saturated rings. The Morgan fingerprint density at radius 1 is 1.14 bits per heavy atom. The molecule has 122 valence electrons. The second kappa shape index (κ2) is 7.59. The molecule has 0 atom stereocenters. The Bertz CT molecular complexity index is 327. The van der Waals surface area contributed by atoms with Gasteiger partial charge in [-0.15, -0.1) is 0 Å². The van der Waals surface area contributed by atoms with Crippen LogP contribution in [0, 0.1) is 11.3 Å². The minimum atomic E-state index is -0.245. The second-order valence-electron chi connectivity index (χ2n) is 7.40. The molecule has 1 amide bonds. The number of carbonyl (C=O) groups is 1. The van der Waals surface area contributed by atoms with Crippen molar-refractivity contribution in [3.63, 3.8) is 0 Å². The highest BCUT2D eigenvalue weighted by Gasteiger charge is 2.40. The van der Waals surface area contributed by atoms with Crippen LogP contribution in [0.15, 0.2) is 0 Å². The Morgan fingerprint density at radius 3 is 2.19 bits per heavy atom. The Balaban J connectivity index is 1.93. The summed E-state index contributed by atoms with van der Waals surface area (Å²) < 4.78 is 0. The maximum absolute atomic E-state index is 13.0. The van der Waals surface area contributed by atoms with Crippen molar-refractivity contribution in [2.24, 2.45) is 17.1 Å². The number of carbonyl (C=O) groups excluding carboxylic acids is 1. The highest BCUT2D eigenvalue weighted by atomic mass is 16.2. The normalized spacial score (nSPS) is 24.1. The number of rotatable bonds is 4. The van der Waals surface area contributed by atoms with E-state index in [0.29, 0.717) is 12.5 Å². The summed E-state index contributed by atoms with van der Waals surface area (Å²) in [5.41, 5.74) is 5.81. The SMILES string of the molecule is CN(C)CC1CCN(C(=O)C2(CN)CCCCCC2)CC1. The molecule has 4 nitrogen and oxygen atoms in total. The molecule has 1 aliphatic heterocycles. The van der Waals surface area contributed by atoms with Crippen LogP contribution >= 0.6 is 0 Å². The van der Waals surface area contributed by atoms with Gasteiger partial charge < -0.3 is 15.5 Å². The predicted molar refractivity (Wildman–Crippen MR) is 87.0 cm³/mol. The van der Waals surface area contributed by atoms with Crippen LogP contribution in [0.25, 0.3) is 0 Å². The average molecular weight is 295 g/mol. The summed E-state index contributed by atoms with van der Waals surface area (Å²) in [4.78, 5) is 17.4. The fourth-order valence-electron chi connectivity index (χ4n) is 4.08. The van der Waals surface area contributed by atoms with Gasteiger partial charge in [-0.25, -0.2) is 0 Å². The van der Waals surface area contributed by atoms with E-state index in [2.05, 4.69) is 23.9 Å². The smallest absolute Gasteiger partial charge is 0.230 e. The molecule has 0 radical (unpaired) electrons. The molecule has 4 heteroatoms. The first-order chi connectivity index (χ1) is 10.1. The lowest BCUT2D eigenvalue weighted by Gasteiger charge is -2.40. The van der Waals surface area contributed by atoms with Gasteiger partial charge >= 0.3 is 0 Å². The second-order valence-corrected chi connectivity index (χ2v) is 7.40. The molecular formula is C17H33N3O. The summed E-state index contributed by atoms with van der Waals surface area (Å²) in [7, 11) is 4.26. The summed E-state index contributed by atoms with van der Waals surface area (Å²) >= 11 is 0. The van der Waals surface area contributed by atoms with Crippen LogP contribution in [0.2, 0.25) is 0 Å². The molecule has 2 N–H and O–H groups in total. The first-order valence-corrected chi connectivity index (χ1v) is 8.71. The third-order valence-corrected chi connectivity index (χ3v) is 5.43. The Labute approximate surface area is 130 Å². The third kappa shape index (κ3) is 4.19. The van der Waals surface area contributed by atoms with Crippen molar-refractivity contribution in [2.75, 3.05) is 40.3 Å². The van der Waals surface area contributed by atoms with Crippen LogP contribution in [0.1, 0.15) is 51.4 Å². The summed E-state index contributed by atoms with van der Waals surface area (Å²) in [6.45, 7) is 3.53. The first kappa shape index (κ1) is 16.8. The third-order valence-electron chi connectivity index (χ3n) is 5.43. The molecule has 1 heterocycles. The topological polar surface area (TPSA) is 49.6 Å². The number of likely N-dealkylation sites (tertiary alicyclic amines) is 1. The van der Waals surface area contributed by atoms with Gasteiger partial charge in [0.25, 0.3) is 0 Å². The van der Waals surface area contributed by atoms with E-state index in [9.17, 15) is 4.79 Å². The molecule has 21 heavy (non-hydrogen) atoms. The van der Waals surface area contributed by atoms with E-state index in [-0.39, 0.29) is 5.41 Å². The van der Waals surface area contributed by atoms with Gasteiger partial charge in [-0.2, -0.15) is 0 Å². The summed E-state index contributed by atoms with van der Waals surface area (Å²) in [5, 5.41) is 0. The molecule has 0 aromatic rings. The van der Waals surface area contributed by atoms with Crippen LogP contribution in [-0.2, 0) is 4.79 Å². The lowest BCUT2D eigenvalue weighted by Crippen LogP contribution is -2.50. The van der Waals surface area contributed by atoms with Crippen molar-refractivity contribution in [1.82, 2.24) is 9.80 Å². The van der Waals surface area contributed by atoms with Crippen molar-refractivity contribution in [3.05, 3.63) is 0 Å². The Hall–Kier alpha value is -0.610. The zero-order valence-electron chi connectivity index (χ0n) is 13.9. The molecule has 0 aromatic carbocycles. The van der Waals surface area contributed by atoms with E-state index in [1.165, 1.54) is 25.7 Å². The minimum absolute atomic E-state index is 0.245. The molecular weight excluding hydrogens is 262 g/mol. The van der Waals surface area contributed by atoms with Gasteiger partial charge in [0.1, 0.15) is 0 Å². The molecule has 1 saturated carbocycles. The molecule has 2 rings (SSSR count). The van der Waals surface area contributed by atoms with Crippen molar-refractivity contribution in [2.45, 2.75) is 51.4 Å². The van der Waals surface area contributed by atoms with E-state index >= 15 is 0 Å². The van der Waals surface area contributed by atoms with Gasteiger partial charge in [0.2, 0.25) is 5.91 Å². The first-order valence-electron chi connectivity index (χ1n) is 8.71. The molecule has 0 unspecified atom stereocenters. The average Bonchev–Trinajstić information content (AvgIpc) is 2.73. The van der Waals surface area contributed by atoms with Crippen LogP contribution in [0.3, 0.4) is 0 Å². The number of amides is 1. The Kier molecular flexibility index (Phi) is 6.06. The quantitative estimate of drug-likeness (QED) is 0.808. The van der Waals surface area contributed by atoms with Gasteiger partial charge in [0, 0.05) is 26.2 Å². The fourth-order valence-corrected chi connectivity index (χ4v) is 4.08. The summed E-state index contributed by atoms with van der Waals surface area (Å²) in [6, 6.07) is 0. The molecule has 0 spiro atoms. The van der Waals surface area contributed by atoms with Gasteiger partial charge in [0.05, 0.1) is 5.41 Å². The van der Waals surface area contributed by atoms with E-state index in [4.69, 9.17) is 5.73 Å². The molecule has 1 aliphatic carbocycles. The lowest BCUT2D eigenvalue weighted by molar-refractivity contribution is -0.144. The highest BCUT2D eigenvalue weighted by Crippen LogP contribution is 2.37. The maximum atomic E-state index is 13.0. The largest absolute Gasteiger partial charge is 0.342 e. The van der Waals surface area contributed by atoms with Gasteiger partial charge in [-0.3, -0.25) is 4.79 Å². The molecule has 1 saturated heterocycles. The number of hydrogen-bond acceptors (Lipinski definition) is 3. The van der Waals surface area contributed by atoms with Crippen LogP contribution < -0.4 is 5.73 Å². The summed E-state index contributed by atoms with van der Waals surface area (Å²) in [6.07, 6.45) is 9.15. The van der Waals surface area contributed by atoms with Crippen molar-refractivity contribution in [3.8, 4) is 0 Å². The maximum Gasteiger partial charge on any atom is 0.230 e. The van der Waals surface area contributed by atoms with Crippen LogP contribution in [-0.4, -0.2) is 56.0 Å². The number of hydrogen-bond donors (Lipinski definition) is 1. The van der Waals surface area contributed by atoms with Crippen molar-refractivity contribution in [1.29, 1.82) is 0 Å². The lowest BCUT2D eigenvalue weighted by atomic mass is 9.78. The van der Waals surface area contributed by atoms with Crippen LogP contribution in [0.4, 0.5) is 0 Å². The van der Waals surface area contributed by atoms with Gasteiger partial charge in [0.15, 0.2) is 0 Å². The molecule has 0 bridgehead atoms. The predicted octanol–water partition coefficient (Wildman–Crippen LogP) is 2.09. The zero-order chi connectivity index (χ0) is 15.3. The Morgan fingerprint density at radius 2 is 1.71 bits per heavy atom. The molecule has 2 aliphatic rings. The van der Waals surface area contributed by atoms with Crippen molar-refractivity contribution >= 4 is 5.91 Å². The van der Waals surface area contributed by atoms with Crippen molar-refractivity contribution < 1.29 is 4.79 Å². The van der Waals surface area contributed by atoms with Gasteiger partial charge in [-0.05, 0) is 45.7 Å². The fraction of sp³-hybridized carbons (Fsp3) is 0.941. The van der Waals surface area contributed by atoms with Crippen LogP contribution in [0.5, 0.6) is 0 Å². The highest BCUT2D eigenvalue weighted by molar-refractivity contribution is 5.83. The molecule has 0 aromatic heterocycles. The minimum Gasteiger partial charge on any atom is -0.342 e. The van der Waals surface area contributed by atoms with E-state index in [0.717, 1.165) is 51.2 Å². The number of nitrogens with two attached hydrogens (primary N) is 1. The number of nitrogens with zero attached hydrogens (tertiary/aromatic N) is 2. The van der Waals surface area contributed by atoms with E-state index in [1.54, 1.807) is 0 Å². The zero-order valence-corrected chi connectivity index (χ0v) is 13.9. The number of piperidine rings is 1. The monoisotopic (exact) mass is 295 g/mol. The summed E-state index contributed by atoms with van der Waals surface area (Å²) in [5.74, 6) is 1.10. The van der Waals surface area contributed by atoms with E-state index in [1.807, 2.05) is 0 Å². The van der Waals surface area contributed by atoms with E-state index < -0.39 is 0 Å². The standard InChI is InChI=1S/C17H33N3O/c1-19(2)13-15-7-11-20(12-8-15)16(21)17(14-18)9-5-3-4-6-10-17/h15H,3-14,18H2,1-2H3.